The minimum atomic E-state index is -0.870. The van der Waals surface area contributed by atoms with Gasteiger partial charge in [-0.3, -0.25) is 0 Å². The normalized spacial score (nSPS) is 12.2. The number of aliphatic carboxylic acids is 1. The fraction of sp³-hybridized carbons (Fsp3) is 0.182. The zero-order valence-electron chi connectivity index (χ0n) is 8.04. The third-order valence-corrected chi connectivity index (χ3v) is 2.69. The summed E-state index contributed by atoms with van der Waals surface area (Å²) >= 11 is 3.33. The maximum absolute atomic E-state index is 10.7. The van der Waals surface area contributed by atoms with E-state index in [9.17, 15) is 4.79 Å². The van der Waals surface area contributed by atoms with Gasteiger partial charge in [0.1, 0.15) is 0 Å². The van der Waals surface area contributed by atoms with Gasteiger partial charge < -0.3 is 5.11 Å². The Kier molecular flexibility index (Phi) is 3.47. The van der Waals surface area contributed by atoms with Crippen molar-refractivity contribution in [3.63, 3.8) is 0 Å². The molecule has 1 aromatic carbocycles. The molecular formula is C11H11BrO2. The highest BCUT2D eigenvalue weighted by Crippen LogP contribution is 2.20. The molecule has 0 saturated heterocycles. The highest BCUT2D eigenvalue weighted by Gasteiger charge is 2.06. The van der Waals surface area contributed by atoms with Crippen LogP contribution in [0.5, 0.6) is 0 Å². The maximum Gasteiger partial charge on any atom is 0.331 e. The number of allylic oxidation sites excluding steroid dienone is 1. The number of rotatable bonds is 2. The molecule has 2 nitrogen and oxygen atoms in total. The van der Waals surface area contributed by atoms with E-state index in [-0.39, 0.29) is 0 Å². The second kappa shape index (κ2) is 4.42. The van der Waals surface area contributed by atoms with Gasteiger partial charge in [0.25, 0.3) is 0 Å². The number of carboxylic acid groups (broad SMARTS) is 1. The van der Waals surface area contributed by atoms with Crippen molar-refractivity contribution in [1.29, 1.82) is 0 Å². The third-order valence-electron chi connectivity index (χ3n) is 2.16. The number of halogens is 1. The smallest absolute Gasteiger partial charge is 0.331 e. The number of hydrogen-bond acceptors (Lipinski definition) is 1. The molecule has 14 heavy (non-hydrogen) atoms. The van der Waals surface area contributed by atoms with Gasteiger partial charge in [0.05, 0.1) is 0 Å². The molecule has 0 saturated carbocycles. The molecule has 0 unspecified atom stereocenters. The monoisotopic (exact) mass is 254 g/mol. The molecule has 74 valence electrons. The fourth-order valence-electron chi connectivity index (χ4n) is 1.08. The summed E-state index contributed by atoms with van der Waals surface area (Å²) in [6, 6.07) is 7.58. The van der Waals surface area contributed by atoms with Gasteiger partial charge in [-0.2, -0.15) is 0 Å². The van der Waals surface area contributed by atoms with Crippen molar-refractivity contribution in [2.45, 2.75) is 13.8 Å². The van der Waals surface area contributed by atoms with E-state index >= 15 is 0 Å². The average Bonchev–Trinajstić information content (AvgIpc) is 2.16. The lowest BCUT2D eigenvalue weighted by Crippen LogP contribution is -1.98. The lowest BCUT2D eigenvalue weighted by atomic mass is 10.0. The molecule has 0 amide bonds. The van der Waals surface area contributed by atoms with Crippen molar-refractivity contribution in [1.82, 2.24) is 0 Å². The van der Waals surface area contributed by atoms with E-state index in [4.69, 9.17) is 5.11 Å². The topological polar surface area (TPSA) is 37.3 Å². The van der Waals surface area contributed by atoms with Crippen LogP contribution in [0.1, 0.15) is 19.4 Å². The lowest BCUT2D eigenvalue weighted by molar-refractivity contribution is -0.132. The summed E-state index contributed by atoms with van der Waals surface area (Å²) in [5.41, 5.74) is 2.12. The molecular weight excluding hydrogens is 244 g/mol. The van der Waals surface area contributed by atoms with E-state index in [0.717, 1.165) is 15.6 Å². The van der Waals surface area contributed by atoms with Crippen LogP contribution in [0.4, 0.5) is 0 Å². The number of carbonyl (C=O) groups is 1. The molecule has 0 fully saturated rings. The molecule has 1 N–H and O–H groups in total. The zero-order chi connectivity index (χ0) is 10.7. The number of hydrogen-bond donors (Lipinski definition) is 1. The first-order chi connectivity index (χ1) is 6.52. The largest absolute Gasteiger partial charge is 0.478 e. The van der Waals surface area contributed by atoms with Crippen molar-refractivity contribution in [2.24, 2.45) is 0 Å². The second-order valence-corrected chi connectivity index (χ2v) is 3.98. The summed E-state index contributed by atoms with van der Waals surface area (Å²) in [6.07, 6.45) is 0. The SMILES string of the molecule is CC(C(=O)O)=C(C)c1ccc(Br)cc1. The third kappa shape index (κ3) is 2.45. The predicted molar refractivity (Wildman–Crippen MR) is 60.0 cm³/mol. The van der Waals surface area contributed by atoms with E-state index in [2.05, 4.69) is 15.9 Å². The minimum absolute atomic E-state index is 0.382. The van der Waals surface area contributed by atoms with Crippen LogP contribution in [-0.2, 0) is 4.79 Å². The summed E-state index contributed by atoms with van der Waals surface area (Å²) < 4.78 is 0.988. The van der Waals surface area contributed by atoms with Crippen molar-refractivity contribution < 1.29 is 9.90 Å². The molecule has 0 atom stereocenters. The van der Waals surface area contributed by atoms with Crippen molar-refractivity contribution >= 4 is 27.5 Å². The molecule has 0 spiro atoms. The first-order valence-corrected chi connectivity index (χ1v) is 4.98. The van der Waals surface area contributed by atoms with Crippen LogP contribution in [-0.4, -0.2) is 11.1 Å². The van der Waals surface area contributed by atoms with Crippen LogP contribution >= 0.6 is 15.9 Å². The Morgan fingerprint density at radius 3 is 2.14 bits per heavy atom. The lowest BCUT2D eigenvalue weighted by Gasteiger charge is -2.04. The van der Waals surface area contributed by atoms with Gasteiger partial charge in [0, 0.05) is 10.0 Å². The summed E-state index contributed by atoms with van der Waals surface area (Å²) in [5, 5.41) is 8.80. The second-order valence-electron chi connectivity index (χ2n) is 3.06. The first-order valence-electron chi connectivity index (χ1n) is 4.19. The van der Waals surface area contributed by atoms with Crippen LogP contribution in [0.15, 0.2) is 34.3 Å². The Balaban J connectivity index is 3.12. The molecule has 1 rings (SSSR count). The Morgan fingerprint density at radius 1 is 1.21 bits per heavy atom. The Bertz CT molecular complexity index is 377. The molecule has 0 heterocycles. The molecule has 0 aromatic heterocycles. The highest BCUT2D eigenvalue weighted by atomic mass is 79.9. The number of benzene rings is 1. The van der Waals surface area contributed by atoms with Gasteiger partial charge in [0.15, 0.2) is 0 Å². The maximum atomic E-state index is 10.7. The quantitative estimate of drug-likeness (QED) is 0.823. The van der Waals surface area contributed by atoms with Crippen molar-refractivity contribution in [3.05, 3.63) is 39.9 Å². The summed E-state index contributed by atoms with van der Waals surface area (Å²) in [7, 11) is 0. The predicted octanol–water partition coefficient (Wildman–Crippen LogP) is 3.33. The highest BCUT2D eigenvalue weighted by molar-refractivity contribution is 9.10. The van der Waals surface area contributed by atoms with Crippen LogP contribution < -0.4 is 0 Å². The molecule has 1 aromatic rings. The van der Waals surface area contributed by atoms with Gasteiger partial charge >= 0.3 is 5.97 Å². The fourth-order valence-corrected chi connectivity index (χ4v) is 1.34. The molecule has 0 aliphatic carbocycles. The van der Waals surface area contributed by atoms with E-state index in [1.165, 1.54) is 0 Å². The van der Waals surface area contributed by atoms with Crippen LogP contribution in [0.3, 0.4) is 0 Å². The zero-order valence-corrected chi connectivity index (χ0v) is 9.63. The Morgan fingerprint density at radius 2 is 1.71 bits per heavy atom. The molecule has 0 aliphatic rings. The van der Waals surface area contributed by atoms with Crippen LogP contribution in [0.25, 0.3) is 5.57 Å². The van der Waals surface area contributed by atoms with Gasteiger partial charge in [-0.05, 0) is 37.1 Å². The molecule has 0 bridgehead atoms. The van der Waals surface area contributed by atoms with Gasteiger partial charge in [-0.15, -0.1) is 0 Å². The molecule has 0 radical (unpaired) electrons. The summed E-state index contributed by atoms with van der Waals surface area (Å²) in [4.78, 5) is 10.7. The van der Waals surface area contributed by atoms with Gasteiger partial charge in [0.2, 0.25) is 0 Å². The standard InChI is InChI=1S/C11H11BrO2/c1-7(8(2)11(13)14)9-3-5-10(12)6-4-9/h3-6H,1-2H3,(H,13,14). The van der Waals surface area contributed by atoms with Crippen LogP contribution in [0, 0.1) is 0 Å². The van der Waals surface area contributed by atoms with Gasteiger partial charge in [-0.25, -0.2) is 4.79 Å². The Labute approximate surface area is 91.4 Å². The van der Waals surface area contributed by atoms with E-state index in [1.54, 1.807) is 6.92 Å². The van der Waals surface area contributed by atoms with Crippen LogP contribution in [0.2, 0.25) is 0 Å². The molecule has 0 aliphatic heterocycles. The Hall–Kier alpha value is -1.09. The molecule has 3 heteroatoms. The van der Waals surface area contributed by atoms with E-state index < -0.39 is 5.97 Å². The van der Waals surface area contributed by atoms with E-state index in [1.807, 2.05) is 31.2 Å². The summed E-state index contributed by atoms with van der Waals surface area (Å²) in [5.74, 6) is -0.870. The van der Waals surface area contributed by atoms with Crippen molar-refractivity contribution in [2.75, 3.05) is 0 Å². The van der Waals surface area contributed by atoms with Crippen molar-refractivity contribution in [3.8, 4) is 0 Å². The minimum Gasteiger partial charge on any atom is -0.478 e. The first kappa shape index (κ1) is 11.0. The van der Waals surface area contributed by atoms with E-state index in [0.29, 0.717) is 5.57 Å². The average molecular weight is 255 g/mol. The number of carboxylic acids is 1. The van der Waals surface area contributed by atoms with Gasteiger partial charge in [-0.1, -0.05) is 28.1 Å². The summed E-state index contributed by atoms with van der Waals surface area (Å²) in [6.45, 7) is 3.42.